The van der Waals surface area contributed by atoms with E-state index in [1.165, 1.54) is 23.5 Å². The van der Waals surface area contributed by atoms with Gasteiger partial charge in [-0.3, -0.25) is 0 Å². The number of rotatable bonds is 8. The van der Waals surface area contributed by atoms with E-state index in [2.05, 4.69) is 10.1 Å². The van der Waals surface area contributed by atoms with Crippen molar-refractivity contribution in [1.29, 1.82) is 0 Å². The molecule has 0 aliphatic rings. The fraction of sp³-hybridized carbons (Fsp3) is 0.263. The minimum Gasteiger partial charge on any atom is -0.481 e. The summed E-state index contributed by atoms with van der Waals surface area (Å²) in [4.78, 5) is 4.42. The van der Waals surface area contributed by atoms with Gasteiger partial charge in [0, 0.05) is 20.0 Å². The van der Waals surface area contributed by atoms with Gasteiger partial charge in [0.15, 0.2) is 24.0 Å². The fourth-order valence-corrected chi connectivity index (χ4v) is 3.94. The van der Waals surface area contributed by atoms with Crippen LogP contribution in [0, 0.1) is 12.7 Å². The van der Waals surface area contributed by atoms with E-state index < -0.39 is 15.8 Å². The zero-order valence-corrected chi connectivity index (χ0v) is 16.3. The molecule has 0 N–H and O–H groups in total. The average Bonchev–Trinajstić information content (AvgIpc) is 3.13. The van der Waals surface area contributed by atoms with Crippen LogP contribution in [0.4, 0.5) is 4.39 Å². The minimum atomic E-state index is -3.60. The summed E-state index contributed by atoms with van der Waals surface area (Å²) >= 11 is 0. The summed E-state index contributed by atoms with van der Waals surface area (Å²) < 4.78 is 50.5. The van der Waals surface area contributed by atoms with Crippen molar-refractivity contribution < 1.29 is 22.1 Å². The van der Waals surface area contributed by atoms with E-state index in [-0.39, 0.29) is 36.1 Å². The van der Waals surface area contributed by atoms with Crippen LogP contribution in [0.1, 0.15) is 17.3 Å². The third-order valence-corrected chi connectivity index (χ3v) is 6.15. The number of aromatic nitrogens is 2. The topological polar surface area (TPSA) is 85.5 Å². The van der Waals surface area contributed by atoms with Crippen molar-refractivity contribution >= 4 is 10.0 Å². The second kappa shape index (κ2) is 8.49. The normalized spacial score (nSPS) is 11.7. The van der Waals surface area contributed by atoms with Gasteiger partial charge in [0.2, 0.25) is 10.0 Å². The molecule has 148 valence electrons. The molecule has 0 atom stereocenters. The summed E-state index contributed by atoms with van der Waals surface area (Å²) in [7, 11) is -2.10. The first-order chi connectivity index (χ1) is 13.4. The highest BCUT2D eigenvalue weighted by atomic mass is 32.2. The third kappa shape index (κ3) is 4.55. The molecule has 9 heteroatoms. The maximum absolute atomic E-state index is 13.5. The second-order valence-electron chi connectivity index (χ2n) is 6.17. The molecule has 0 fully saturated rings. The molecular formula is C19H20FN3O4S. The maximum atomic E-state index is 13.5. The van der Waals surface area contributed by atoms with E-state index in [9.17, 15) is 12.8 Å². The molecule has 0 saturated carbocycles. The number of ether oxygens (including phenoxy) is 1. The lowest BCUT2D eigenvalue weighted by Crippen LogP contribution is -2.29. The van der Waals surface area contributed by atoms with Crippen molar-refractivity contribution in [3.8, 4) is 5.75 Å². The highest BCUT2D eigenvalue weighted by molar-refractivity contribution is 7.89. The largest absolute Gasteiger partial charge is 0.481 e. The molecule has 7 nitrogen and oxygen atoms in total. The highest BCUT2D eigenvalue weighted by Crippen LogP contribution is 2.19. The van der Waals surface area contributed by atoms with Gasteiger partial charge in [-0.1, -0.05) is 35.5 Å². The van der Waals surface area contributed by atoms with Crippen LogP contribution in [0.3, 0.4) is 0 Å². The SMILES string of the molecule is Cc1ccccc1S(=O)(=O)N(C)CCc1noc(COc2ccccc2F)n1. The molecule has 1 aromatic heterocycles. The van der Waals surface area contributed by atoms with Gasteiger partial charge in [-0.05, 0) is 30.7 Å². The van der Waals surface area contributed by atoms with E-state index in [0.717, 1.165) is 0 Å². The van der Waals surface area contributed by atoms with Gasteiger partial charge < -0.3 is 9.26 Å². The van der Waals surface area contributed by atoms with Gasteiger partial charge in [0.05, 0.1) is 4.90 Å². The quantitative estimate of drug-likeness (QED) is 0.573. The first-order valence-electron chi connectivity index (χ1n) is 8.58. The fourth-order valence-electron chi connectivity index (χ4n) is 2.54. The Morgan fingerprint density at radius 1 is 1.14 bits per heavy atom. The molecule has 28 heavy (non-hydrogen) atoms. The molecule has 0 amide bonds. The number of halogens is 1. The molecule has 0 spiro atoms. The Morgan fingerprint density at radius 3 is 2.61 bits per heavy atom. The number of benzene rings is 2. The molecule has 0 saturated heterocycles. The Kier molecular flexibility index (Phi) is 6.05. The first-order valence-corrected chi connectivity index (χ1v) is 10.0. The Hall–Kier alpha value is -2.78. The number of para-hydroxylation sites is 1. The monoisotopic (exact) mass is 405 g/mol. The van der Waals surface area contributed by atoms with Crippen LogP contribution < -0.4 is 4.74 Å². The predicted molar refractivity (Wildman–Crippen MR) is 99.7 cm³/mol. The number of hydrogen-bond acceptors (Lipinski definition) is 6. The van der Waals surface area contributed by atoms with Crippen LogP contribution in [0.5, 0.6) is 5.75 Å². The van der Waals surface area contributed by atoms with Crippen LogP contribution in [0.2, 0.25) is 0 Å². The maximum Gasteiger partial charge on any atom is 0.264 e. The molecule has 0 aliphatic heterocycles. The van der Waals surface area contributed by atoms with E-state index >= 15 is 0 Å². The molecule has 2 aromatic carbocycles. The minimum absolute atomic E-state index is 0.0781. The van der Waals surface area contributed by atoms with E-state index in [0.29, 0.717) is 11.4 Å². The van der Waals surface area contributed by atoms with Crippen LogP contribution >= 0.6 is 0 Å². The number of hydrogen-bond donors (Lipinski definition) is 0. The molecule has 0 aliphatic carbocycles. The van der Waals surface area contributed by atoms with Crippen molar-refractivity contribution in [3.63, 3.8) is 0 Å². The molecule has 0 bridgehead atoms. The van der Waals surface area contributed by atoms with Gasteiger partial charge >= 0.3 is 0 Å². The Morgan fingerprint density at radius 2 is 1.86 bits per heavy atom. The van der Waals surface area contributed by atoms with Crippen LogP contribution in [0.15, 0.2) is 57.9 Å². The zero-order chi connectivity index (χ0) is 20.1. The van der Waals surface area contributed by atoms with Crippen molar-refractivity contribution in [2.45, 2.75) is 24.8 Å². The first kappa shape index (κ1) is 20.0. The van der Waals surface area contributed by atoms with Crippen molar-refractivity contribution in [1.82, 2.24) is 14.4 Å². The van der Waals surface area contributed by atoms with E-state index in [1.54, 1.807) is 43.3 Å². The summed E-state index contributed by atoms with van der Waals surface area (Å²) in [6.45, 7) is 1.86. The van der Waals surface area contributed by atoms with Gasteiger partial charge in [-0.25, -0.2) is 17.1 Å². The van der Waals surface area contributed by atoms with E-state index in [4.69, 9.17) is 9.26 Å². The average molecular weight is 405 g/mol. The molecule has 1 heterocycles. The standard InChI is InChI=1S/C19H20FN3O4S/c1-14-7-3-6-10-17(14)28(24,25)23(2)12-11-18-21-19(27-22-18)13-26-16-9-5-4-8-15(16)20/h3-10H,11-13H2,1-2H3. The summed E-state index contributed by atoms with van der Waals surface area (Å²) in [5, 5.41) is 3.81. The predicted octanol–water partition coefficient (Wildman–Crippen LogP) is 2.96. The lowest BCUT2D eigenvalue weighted by molar-refractivity contribution is 0.234. The molecule has 3 rings (SSSR count). The number of likely N-dealkylation sites (N-methyl/N-ethyl adjacent to an activating group) is 1. The van der Waals surface area contributed by atoms with Crippen molar-refractivity contribution in [2.24, 2.45) is 0 Å². The smallest absolute Gasteiger partial charge is 0.264 e. The number of aryl methyl sites for hydroxylation is 1. The summed E-state index contributed by atoms with van der Waals surface area (Å²) in [6, 6.07) is 12.8. The molecule has 0 unspecified atom stereocenters. The van der Waals surface area contributed by atoms with Crippen LogP contribution in [-0.4, -0.2) is 36.5 Å². The lowest BCUT2D eigenvalue weighted by Gasteiger charge is -2.17. The zero-order valence-electron chi connectivity index (χ0n) is 15.5. The van der Waals surface area contributed by atoms with Crippen molar-refractivity contribution in [3.05, 3.63) is 71.6 Å². The van der Waals surface area contributed by atoms with Gasteiger partial charge in [-0.2, -0.15) is 4.98 Å². The van der Waals surface area contributed by atoms with Crippen LogP contribution in [-0.2, 0) is 23.1 Å². The Balaban J connectivity index is 1.58. The number of nitrogens with zero attached hydrogens (tertiary/aromatic N) is 3. The molecule has 0 radical (unpaired) electrons. The Labute approximate surface area is 162 Å². The second-order valence-corrected chi connectivity index (χ2v) is 8.18. The summed E-state index contributed by atoms with van der Waals surface area (Å²) in [5.74, 6) is 0.137. The Bertz CT molecular complexity index is 1050. The molecule has 3 aromatic rings. The van der Waals surface area contributed by atoms with Crippen LogP contribution in [0.25, 0.3) is 0 Å². The highest BCUT2D eigenvalue weighted by Gasteiger charge is 2.22. The summed E-state index contributed by atoms with van der Waals surface area (Å²) in [5.41, 5.74) is 0.682. The van der Waals surface area contributed by atoms with Crippen molar-refractivity contribution in [2.75, 3.05) is 13.6 Å². The number of sulfonamides is 1. The third-order valence-electron chi connectivity index (χ3n) is 4.13. The van der Waals surface area contributed by atoms with Gasteiger partial charge in [0.1, 0.15) is 0 Å². The van der Waals surface area contributed by atoms with E-state index in [1.807, 2.05) is 0 Å². The van der Waals surface area contributed by atoms with Gasteiger partial charge in [-0.15, -0.1) is 0 Å². The van der Waals surface area contributed by atoms with Gasteiger partial charge in [0.25, 0.3) is 5.89 Å². The molecular weight excluding hydrogens is 385 g/mol. The lowest BCUT2D eigenvalue weighted by atomic mass is 10.2. The summed E-state index contributed by atoms with van der Waals surface area (Å²) in [6.07, 6.45) is 0.269.